The van der Waals surface area contributed by atoms with Crippen LogP contribution in [0.15, 0.2) is 21.5 Å². The summed E-state index contributed by atoms with van der Waals surface area (Å²) < 4.78 is 29.5. The molecule has 0 radical (unpaired) electrons. The molecule has 2 amide bonds. The lowest BCUT2D eigenvalue weighted by molar-refractivity contribution is -0.126. The van der Waals surface area contributed by atoms with Gasteiger partial charge in [-0.1, -0.05) is 35.7 Å². The Kier molecular flexibility index (Phi) is 6.74. The summed E-state index contributed by atoms with van der Waals surface area (Å²) in [7, 11) is -3.85. The SMILES string of the molecule is CCC(=O)N1CCc2cc(Br)cc(S(=O)(=O)N3CCCC(C(=O)NC4CCCC4)C3)c21. The van der Waals surface area contributed by atoms with Crippen molar-refractivity contribution in [1.29, 1.82) is 0 Å². The number of hydrogen-bond acceptors (Lipinski definition) is 4. The fourth-order valence-electron chi connectivity index (χ4n) is 5.01. The molecule has 31 heavy (non-hydrogen) atoms. The van der Waals surface area contributed by atoms with E-state index in [1.807, 2.05) is 6.07 Å². The minimum Gasteiger partial charge on any atom is -0.353 e. The number of nitrogens with one attached hydrogen (secondary N) is 1. The second kappa shape index (κ2) is 9.19. The number of sulfonamides is 1. The van der Waals surface area contributed by atoms with Crippen molar-refractivity contribution >= 4 is 43.5 Å². The summed E-state index contributed by atoms with van der Waals surface area (Å²) in [6, 6.07) is 3.71. The number of carbonyl (C=O) groups is 2. The van der Waals surface area contributed by atoms with Crippen molar-refractivity contribution in [2.75, 3.05) is 24.5 Å². The Bertz CT molecular complexity index is 975. The molecular weight excluding hydrogens is 482 g/mol. The highest BCUT2D eigenvalue weighted by molar-refractivity contribution is 9.10. The number of fused-ring (bicyclic) bond motifs is 1. The molecule has 1 aliphatic carbocycles. The topological polar surface area (TPSA) is 86.8 Å². The fraction of sp³-hybridized carbons (Fsp3) is 0.636. The summed E-state index contributed by atoms with van der Waals surface area (Å²) in [4.78, 5) is 27.0. The van der Waals surface area contributed by atoms with Gasteiger partial charge in [0.05, 0.1) is 11.6 Å². The second-order valence-electron chi connectivity index (χ2n) is 8.75. The molecule has 1 unspecified atom stereocenters. The molecular formula is C22H30BrN3O4S. The van der Waals surface area contributed by atoms with Gasteiger partial charge in [0.2, 0.25) is 21.8 Å². The van der Waals surface area contributed by atoms with Crippen molar-refractivity contribution in [2.45, 2.75) is 69.2 Å². The fourth-order valence-corrected chi connectivity index (χ4v) is 7.45. The van der Waals surface area contributed by atoms with Gasteiger partial charge in [-0.3, -0.25) is 9.59 Å². The summed E-state index contributed by atoms with van der Waals surface area (Å²) in [5.74, 6) is -0.447. The zero-order chi connectivity index (χ0) is 22.2. The third-order valence-corrected chi connectivity index (χ3v) is 9.01. The van der Waals surface area contributed by atoms with Crippen molar-refractivity contribution in [3.8, 4) is 0 Å². The smallest absolute Gasteiger partial charge is 0.245 e. The van der Waals surface area contributed by atoms with E-state index in [4.69, 9.17) is 0 Å². The number of anilines is 1. The predicted molar refractivity (Wildman–Crippen MR) is 122 cm³/mol. The van der Waals surface area contributed by atoms with Gasteiger partial charge in [-0.25, -0.2) is 8.42 Å². The molecule has 4 rings (SSSR count). The molecule has 9 heteroatoms. The number of piperidine rings is 1. The first-order valence-electron chi connectivity index (χ1n) is 11.2. The highest BCUT2D eigenvalue weighted by Gasteiger charge is 2.38. The van der Waals surface area contributed by atoms with Crippen LogP contribution in [0.25, 0.3) is 0 Å². The van der Waals surface area contributed by atoms with Gasteiger partial charge in [-0.05, 0) is 49.8 Å². The molecule has 0 spiro atoms. The van der Waals surface area contributed by atoms with Crippen LogP contribution >= 0.6 is 15.9 Å². The van der Waals surface area contributed by atoms with Gasteiger partial charge in [0.1, 0.15) is 4.90 Å². The van der Waals surface area contributed by atoms with E-state index in [0.717, 1.165) is 31.2 Å². The van der Waals surface area contributed by atoms with Gasteiger partial charge in [-0.2, -0.15) is 4.31 Å². The zero-order valence-electron chi connectivity index (χ0n) is 17.9. The normalized spacial score (nSPS) is 22.5. The molecule has 1 atom stereocenters. The first kappa shape index (κ1) is 22.7. The van der Waals surface area contributed by atoms with Crippen LogP contribution < -0.4 is 10.2 Å². The number of amides is 2. The third-order valence-electron chi connectivity index (χ3n) is 6.67. The molecule has 1 N–H and O–H groups in total. The van der Waals surface area contributed by atoms with E-state index < -0.39 is 10.0 Å². The van der Waals surface area contributed by atoms with E-state index in [1.54, 1.807) is 17.9 Å². The number of carbonyl (C=O) groups excluding carboxylic acids is 2. The first-order valence-corrected chi connectivity index (χ1v) is 13.5. The van der Waals surface area contributed by atoms with E-state index in [0.29, 0.717) is 48.9 Å². The standard InChI is InChI=1S/C22H30BrN3O4S/c1-2-20(27)26-11-9-15-12-17(23)13-19(21(15)26)31(29,30)25-10-5-6-16(14-25)22(28)24-18-7-3-4-8-18/h12-13,16,18H,2-11,14H2,1H3,(H,24,28). The Labute approximate surface area is 192 Å². The summed E-state index contributed by atoms with van der Waals surface area (Å²) in [6.45, 7) is 2.85. The van der Waals surface area contributed by atoms with Crippen LogP contribution in [-0.2, 0) is 26.0 Å². The first-order chi connectivity index (χ1) is 14.8. The molecule has 2 fully saturated rings. The van der Waals surface area contributed by atoms with E-state index in [9.17, 15) is 18.0 Å². The van der Waals surface area contributed by atoms with Crippen molar-refractivity contribution in [1.82, 2.24) is 9.62 Å². The summed E-state index contributed by atoms with van der Waals surface area (Å²) in [6.07, 6.45) is 6.58. The number of hydrogen-bond donors (Lipinski definition) is 1. The maximum atomic E-state index is 13.7. The molecule has 3 aliphatic rings. The molecule has 1 aromatic carbocycles. The van der Waals surface area contributed by atoms with Crippen LogP contribution in [0, 0.1) is 5.92 Å². The highest BCUT2D eigenvalue weighted by Crippen LogP contribution is 2.39. The van der Waals surface area contributed by atoms with Gasteiger partial charge >= 0.3 is 0 Å². The van der Waals surface area contributed by atoms with Crippen LogP contribution in [0.5, 0.6) is 0 Å². The molecule has 2 heterocycles. The molecule has 2 aliphatic heterocycles. The molecule has 0 bridgehead atoms. The summed E-state index contributed by atoms with van der Waals surface area (Å²) in [5.41, 5.74) is 1.37. The maximum absolute atomic E-state index is 13.7. The number of halogens is 1. The van der Waals surface area contributed by atoms with Gasteiger partial charge in [0, 0.05) is 36.6 Å². The molecule has 1 saturated heterocycles. The largest absolute Gasteiger partial charge is 0.353 e. The monoisotopic (exact) mass is 511 g/mol. The van der Waals surface area contributed by atoms with Gasteiger partial charge in [-0.15, -0.1) is 0 Å². The lowest BCUT2D eigenvalue weighted by Gasteiger charge is -2.33. The predicted octanol–water partition coefficient (Wildman–Crippen LogP) is 3.21. The minimum absolute atomic E-state index is 0.0333. The van der Waals surface area contributed by atoms with Crippen LogP contribution in [0.3, 0.4) is 0 Å². The van der Waals surface area contributed by atoms with Crippen LogP contribution in [0.2, 0.25) is 0 Å². The minimum atomic E-state index is -3.85. The van der Waals surface area contributed by atoms with Crippen molar-refractivity contribution in [3.63, 3.8) is 0 Å². The Morgan fingerprint density at radius 3 is 2.58 bits per heavy atom. The van der Waals surface area contributed by atoms with Crippen molar-refractivity contribution < 1.29 is 18.0 Å². The number of nitrogens with zero attached hydrogens (tertiary/aromatic N) is 2. The van der Waals surface area contributed by atoms with Gasteiger partial charge in [0.15, 0.2) is 0 Å². The van der Waals surface area contributed by atoms with E-state index >= 15 is 0 Å². The molecule has 170 valence electrons. The summed E-state index contributed by atoms with van der Waals surface area (Å²) in [5, 5.41) is 3.12. The number of rotatable bonds is 5. The summed E-state index contributed by atoms with van der Waals surface area (Å²) >= 11 is 3.44. The van der Waals surface area contributed by atoms with E-state index in [-0.39, 0.29) is 35.2 Å². The Balaban J connectivity index is 1.60. The quantitative estimate of drug-likeness (QED) is 0.657. The van der Waals surface area contributed by atoms with Crippen LogP contribution in [0.4, 0.5) is 5.69 Å². The van der Waals surface area contributed by atoms with Crippen LogP contribution in [-0.4, -0.2) is 50.2 Å². The molecule has 1 aromatic rings. The van der Waals surface area contributed by atoms with Crippen molar-refractivity contribution in [3.05, 3.63) is 22.2 Å². The highest BCUT2D eigenvalue weighted by atomic mass is 79.9. The van der Waals surface area contributed by atoms with Crippen molar-refractivity contribution in [2.24, 2.45) is 5.92 Å². The zero-order valence-corrected chi connectivity index (χ0v) is 20.3. The molecule has 0 aromatic heterocycles. The Morgan fingerprint density at radius 1 is 1.13 bits per heavy atom. The molecule has 1 saturated carbocycles. The second-order valence-corrected chi connectivity index (χ2v) is 11.6. The number of benzene rings is 1. The van der Waals surface area contributed by atoms with Gasteiger partial charge in [0.25, 0.3) is 0 Å². The third kappa shape index (κ3) is 4.54. The average Bonchev–Trinajstić information content (AvgIpc) is 3.42. The van der Waals surface area contributed by atoms with E-state index in [1.165, 1.54) is 4.31 Å². The van der Waals surface area contributed by atoms with E-state index in [2.05, 4.69) is 21.2 Å². The van der Waals surface area contributed by atoms with Gasteiger partial charge < -0.3 is 10.2 Å². The average molecular weight is 512 g/mol. The lowest BCUT2D eigenvalue weighted by atomic mass is 9.98. The Hall–Kier alpha value is -1.45. The molecule has 7 nitrogen and oxygen atoms in total. The maximum Gasteiger partial charge on any atom is 0.245 e. The Morgan fingerprint density at radius 2 is 1.87 bits per heavy atom. The van der Waals surface area contributed by atoms with Crippen LogP contribution in [0.1, 0.15) is 57.4 Å². The lowest BCUT2D eigenvalue weighted by Crippen LogP contribution is -2.47.